The zero-order chi connectivity index (χ0) is 13.0. The molecule has 0 radical (unpaired) electrons. The predicted octanol–water partition coefficient (Wildman–Crippen LogP) is 0.469. The van der Waals surface area contributed by atoms with Gasteiger partial charge in [0.05, 0.1) is 26.0 Å². The number of aromatic amines is 1. The van der Waals surface area contributed by atoms with Crippen LogP contribution in [0, 0.1) is 0 Å². The average Bonchev–Trinajstić information content (AvgIpc) is 2.86. The molecular formula is C10H11N5O3. The lowest BCUT2D eigenvalue weighted by molar-refractivity contribution is 0.102. The predicted molar refractivity (Wildman–Crippen MR) is 61.7 cm³/mol. The van der Waals surface area contributed by atoms with Crippen molar-refractivity contribution in [2.24, 2.45) is 0 Å². The lowest BCUT2D eigenvalue weighted by Gasteiger charge is -2.06. The smallest absolute Gasteiger partial charge is 0.336 e. The Morgan fingerprint density at radius 1 is 1.39 bits per heavy atom. The van der Waals surface area contributed by atoms with Crippen molar-refractivity contribution in [3.8, 4) is 11.8 Å². The van der Waals surface area contributed by atoms with Crippen LogP contribution in [0.15, 0.2) is 18.5 Å². The number of carbonyl (C=O) groups excluding carboxylic acids is 1. The van der Waals surface area contributed by atoms with E-state index in [0.717, 1.165) is 0 Å². The third-order valence-corrected chi connectivity index (χ3v) is 2.13. The van der Waals surface area contributed by atoms with E-state index in [0.29, 0.717) is 11.3 Å². The molecule has 2 aromatic rings. The van der Waals surface area contributed by atoms with Crippen LogP contribution >= 0.6 is 0 Å². The minimum atomic E-state index is -0.381. The number of nitrogens with zero attached hydrogens (tertiary/aromatic N) is 3. The molecule has 0 saturated heterocycles. The topological polar surface area (TPSA) is 102 Å². The Labute approximate surface area is 102 Å². The monoisotopic (exact) mass is 249 g/mol. The van der Waals surface area contributed by atoms with E-state index in [1.54, 1.807) is 6.07 Å². The maximum Gasteiger partial charge on any atom is 0.336 e. The first-order valence-corrected chi connectivity index (χ1v) is 5.00. The first-order chi connectivity index (χ1) is 8.74. The number of anilines is 1. The first-order valence-electron chi connectivity index (χ1n) is 5.00. The van der Waals surface area contributed by atoms with Crippen LogP contribution in [0.5, 0.6) is 11.8 Å². The number of methoxy groups -OCH3 is 2. The summed E-state index contributed by atoms with van der Waals surface area (Å²) >= 11 is 0. The van der Waals surface area contributed by atoms with Crippen LogP contribution < -0.4 is 14.8 Å². The molecule has 0 fully saturated rings. The number of hydrogen-bond acceptors (Lipinski definition) is 6. The van der Waals surface area contributed by atoms with E-state index < -0.39 is 0 Å². The zero-order valence-corrected chi connectivity index (χ0v) is 9.80. The second kappa shape index (κ2) is 5.13. The second-order valence-corrected chi connectivity index (χ2v) is 3.20. The minimum Gasteiger partial charge on any atom is -0.494 e. The molecule has 8 heteroatoms. The number of pyridine rings is 1. The van der Waals surface area contributed by atoms with E-state index in [9.17, 15) is 4.79 Å². The molecule has 0 aliphatic heterocycles. The highest BCUT2D eigenvalue weighted by molar-refractivity contribution is 6.05. The highest BCUT2D eigenvalue weighted by atomic mass is 16.5. The van der Waals surface area contributed by atoms with Gasteiger partial charge in [0.1, 0.15) is 5.75 Å². The Kier molecular flexibility index (Phi) is 3.37. The number of carbonyl (C=O) groups is 1. The number of aromatic nitrogens is 4. The number of nitrogens with one attached hydrogen (secondary N) is 2. The molecule has 0 aliphatic rings. The van der Waals surface area contributed by atoms with Gasteiger partial charge in [0.25, 0.3) is 5.91 Å². The van der Waals surface area contributed by atoms with E-state index in [1.165, 1.54) is 26.6 Å². The first kappa shape index (κ1) is 11.8. The maximum absolute atomic E-state index is 11.9. The largest absolute Gasteiger partial charge is 0.494 e. The molecule has 18 heavy (non-hydrogen) atoms. The number of H-pyrrole nitrogens is 1. The molecule has 0 saturated carbocycles. The Morgan fingerprint density at radius 3 is 2.89 bits per heavy atom. The molecule has 0 atom stereocenters. The van der Waals surface area contributed by atoms with Gasteiger partial charge in [-0.05, 0) is 6.07 Å². The summed E-state index contributed by atoms with van der Waals surface area (Å²) in [5.74, 6) is 0.185. The van der Waals surface area contributed by atoms with Gasteiger partial charge >= 0.3 is 6.01 Å². The lowest BCUT2D eigenvalue weighted by atomic mass is 10.2. The second-order valence-electron chi connectivity index (χ2n) is 3.20. The van der Waals surface area contributed by atoms with Crippen molar-refractivity contribution >= 4 is 11.9 Å². The summed E-state index contributed by atoms with van der Waals surface area (Å²) in [5.41, 5.74) is 0.350. The third kappa shape index (κ3) is 2.37. The molecule has 0 unspecified atom stereocenters. The van der Waals surface area contributed by atoms with Crippen LogP contribution in [-0.2, 0) is 0 Å². The molecule has 0 bridgehead atoms. The molecule has 2 N–H and O–H groups in total. The van der Waals surface area contributed by atoms with Crippen molar-refractivity contribution in [2.45, 2.75) is 0 Å². The van der Waals surface area contributed by atoms with Gasteiger partial charge in [-0.3, -0.25) is 15.1 Å². The van der Waals surface area contributed by atoms with Gasteiger partial charge in [-0.1, -0.05) is 0 Å². The fourth-order valence-corrected chi connectivity index (χ4v) is 1.30. The number of ether oxygens (including phenoxy) is 2. The van der Waals surface area contributed by atoms with Gasteiger partial charge in [0.15, 0.2) is 0 Å². The van der Waals surface area contributed by atoms with Gasteiger partial charge in [0.2, 0.25) is 5.95 Å². The number of hydrogen-bond donors (Lipinski definition) is 2. The number of rotatable bonds is 4. The summed E-state index contributed by atoms with van der Waals surface area (Å²) in [7, 11) is 2.89. The van der Waals surface area contributed by atoms with Crippen LogP contribution in [0.1, 0.15) is 10.4 Å². The molecule has 2 aromatic heterocycles. The van der Waals surface area contributed by atoms with Crippen LogP contribution in [0.2, 0.25) is 0 Å². The summed E-state index contributed by atoms with van der Waals surface area (Å²) < 4.78 is 9.82. The Bertz CT molecular complexity index is 554. The highest BCUT2D eigenvalue weighted by Gasteiger charge is 2.14. The Hall–Kier alpha value is -2.64. The quantitative estimate of drug-likeness (QED) is 0.816. The van der Waals surface area contributed by atoms with E-state index in [-0.39, 0.29) is 17.9 Å². The third-order valence-electron chi connectivity index (χ3n) is 2.13. The lowest BCUT2D eigenvalue weighted by Crippen LogP contribution is -2.14. The fourth-order valence-electron chi connectivity index (χ4n) is 1.30. The van der Waals surface area contributed by atoms with E-state index in [2.05, 4.69) is 25.5 Å². The van der Waals surface area contributed by atoms with Gasteiger partial charge in [-0.2, -0.15) is 4.98 Å². The molecule has 0 aromatic carbocycles. The Balaban J connectivity index is 2.16. The molecule has 94 valence electrons. The van der Waals surface area contributed by atoms with E-state index in [1.807, 2.05) is 0 Å². The summed E-state index contributed by atoms with van der Waals surface area (Å²) in [6, 6.07) is 1.69. The molecule has 2 rings (SSSR count). The zero-order valence-electron chi connectivity index (χ0n) is 9.80. The molecule has 0 spiro atoms. The van der Waals surface area contributed by atoms with Crippen molar-refractivity contribution in [2.75, 3.05) is 19.5 Å². The summed E-state index contributed by atoms with van der Waals surface area (Å²) in [4.78, 5) is 19.7. The fraction of sp³-hybridized carbons (Fsp3) is 0.200. The van der Waals surface area contributed by atoms with Crippen molar-refractivity contribution < 1.29 is 14.3 Å². The Morgan fingerprint density at radius 2 is 2.22 bits per heavy atom. The average molecular weight is 249 g/mol. The minimum absolute atomic E-state index is 0.145. The van der Waals surface area contributed by atoms with Crippen molar-refractivity contribution in [3.05, 3.63) is 24.0 Å². The molecule has 0 aliphatic carbocycles. The summed E-state index contributed by atoms with van der Waals surface area (Å²) in [5, 5.41) is 8.76. The van der Waals surface area contributed by atoms with Crippen LogP contribution in [0.25, 0.3) is 0 Å². The van der Waals surface area contributed by atoms with E-state index in [4.69, 9.17) is 9.47 Å². The van der Waals surface area contributed by atoms with Crippen LogP contribution in [0.3, 0.4) is 0 Å². The summed E-state index contributed by atoms with van der Waals surface area (Å²) in [6.45, 7) is 0. The van der Waals surface area contributed by atoms with Gasteiger partial charge in [-0.15, -0.1) is 5.10 Å². The van der Waals surface area contributed by atoms with Crippen LogP contribution in [0.4, 0.5) is 5.95 Å². The van der Waals surface area contributed by atoms with Gasteiger partial charge in [-0.25, -0.2) is 5.10 Å². The van der Waals surface area contributed by atoms with E-state index >= 15 is 0 Å². The van der Waals surface area contributed by atoms with Crippen molar-refractivity contribution in [1.82, 2.24) is 20.2 Å². The standard InChI is InChI=1S/C10H11N5O3/c1-17-7-5-11-4-3-6(7)8(16)12-9-13-10(18-2)15-14-9/h3-5H,1-2H3,(H2,12,13,14,15,16). The molecule has 1 amide bonds. The molecular weight excluding hydrogens is 238 g/mol. The van der Waals surface area contributed by atoms with Crippen molar-refractivity contribution in [3.63, 3.8) is 0 Å². The maximum atomic E-state index is 11.9. The van der Waals surface area contributed by atoms with Crippen molar-refractivity contribution in [1.29, 1.82) is 0 Å². The van der Waals surface area contributed by atoms with Gasteiger partial charge in [0, 0.05) is 6.20 Å². The highest BCUT2D eigenvalue weighted by Crippen LogP contribution is 2.17. The van der Waals surface area contributed by atoms with Gasteiger partial charge < -0.3 is 9.47 Å². The molecule has 2 heterocycles. The molecule has 8 nitrogen and oxygen atoms in total. The number of amides is 1. The normalized spacial score (nSPS) is 9.89. The summed E-state index contributed by atoms with van der Waals surface area (Å²) in [6.07, 6.45) is 2.95. The SMILES string of the molecule is COc1n[nH]c(NC(=O)c2ccncc2OC)n1. The van der Waals surface area contributed by atoms with Crippen LogP contribution in [-0.4, -0.2) is 40.3 Å².